The fourth-order valence-corrected chi connectivity index (χ4v) is 6.01. The summed E-state index contributed by atoms with van der Waals surface area (Å²) < 4.78 is 17.4. The van der Waals surface area contributed by atoms with Gasteiger partial charge in [0.15, 0.2) is 12.0 Å². The molecule has 2 N–H and O–H groups in total. The molecule has 0 radical (unpaired) electrons. The Bertz CT molecular complexity index is 1230. The zero-order chi connectivity index (χ0) is 25.2. The molecule has 2 fully saturated rings. The second kappa shape index (κ2) is 11.2. The van der Waals surface area contributed by atoms with Gasteiger partial charge in [-0.15, -0.1) is 0 Å². The number of hydrogen-bond donors (Lipinski definition) is 2. The van der Waals surface area contributed by atoms with E-state index in [1.54, 1.807) is 0 Å². The lowest BCUT2D eigenvalue weighted by molar-refractivity contribution is 0.00794. The zero-order valence-electron chi connectivity index (χ0n) is 20.9. The van der Waals surface area contributed by atoms with E-state index < -0.39 is 6.10 Å². The standard InChI is InChI=1S/C26H27ClN2O4S.C2H6/c1-34-17-8-6-15(7-9-17)14-2-4-16(5-3-14)24-18(27)10-19-20(29-24)11-23(28-19)33-22-13-32-25-21(30)12-31-26(22)25;1-2/h2-6,10-11,17,21-22,25-26,28,30H,7-9,12-13H2,1H3;1-2H3/t17?,21-,22-,25?,26-;/m1./s1. The Labute approximate surface area is 221 Å². The minimum atomic E-state index is -0.600. The largest absolute Gasteiger partial charge is 0.470 e. The average Bonchev–Trinajstić information content (AvgIpc) is 3.61. The van der Waals surface area contributed by atoms with Crippen LogP contribution in [-0.4, -0.2) is 64.2 Å². The number of fused-ring (bicyclic) bond motifs is 2. The second-order valence-electron chi connectivity index (χ2n) is 9.14. The van der Waals surface area contributed by atoms with Crippen molar-refractivity contribution in [1.29, 1.82) is 0 Å². The number of thioether (sulfide) groups is 1. The lowest BCUT2D eigenvalue weighted by atomic mass is 9.92. The van der Waals surface area contributed by atoms with Crippen molar-refractivity contribution in [1.82, 2.24) is 9.97 Å². The first kappa shape index (κ1) is 25.6. The van der Waals surface area contributed by atoms with Gasteiger partial charge in [0.25, 0.3) is 0 Å². The summed E-state index contributed by atoms with van der Waals surface area (Å²) >= 11 is 8.58. The highest BCUT2D eigenvalue weighted by molar-refractivity contribution is 7.99. The fraction of sp³-hybridized carbons (Fsp3) is 0.464. The van der Waals surface area contributed by atoms with Crippen LogP contribution in [0.4, 0.5) is 0 Å². The summed E-state index contributed by atoms with van der Waals surface area (Å²) in [6.45, 7) is 4.65. The molecule has 0 saturated carbocycles. The van der Waals surface area contributed by atoms with Gasteiger partial charge in [0.05, 0.1) is 35.0 Å². The number of aromatic nitrogens is 2. The van der Waals surface area contributed by atoms with E-state index in [0.717, 1.165) is 40.4 Å². The normalized spacial score (nSPS) is 27.4. The summed E-state index contributed by atoms with van der Waals surface area (Å²) in [4.78, 5) is 8.06. The summed E-state index contributed by atoms with van der Waals surface area (Å²) in [7, 11) is 0. The van der Waals surface area contributed by atoms with Crippen molar-refractivity contribution >= 4 is 40.0 Å². The Balaban J connectivity index is 0.00000130. The predicted octanol–water partition coefficient (Wildman–Crippen LogP) is 6.11. The number of H-pyrrole nitrogens is 1. The van der Waals surface area contributed by atoms with Crippen molar-refractivity contribution in [3.63, 3.8) is 0 Å². The van der Waals surface area contributed by atoms with Crippen LogP contribution in [0, 0.1) is 0 Å². The number of nitrogens with one attached hydrogen (secondary N) is 1. The number of benzene rings is 1. The van der Waals surface area contributed by atoms with E-state index in [2.05, 4.69) is 41.6 Å². The lowest BCUT2D eigenvalue weighted by Crippen LogP contribution is -2.34. The van der Waals surface area contributed by atoms with Gasteiger partial charge in [0.1, 0.15) is 18.3 Å². The Morgan fingerprint density at radius 1 is 1.08 bits per heavy atom. The first-order valence-corrected chi connectivity index (χ1v) is 14.4. The maximum atomic E-state index is 9.94. The molecule has 192 valence electrons. The second-order valence-corrected chi connectivity index (χ2v) is 10.7. The third-order valence-corrected chi connectivity index (χ3v) is 8.40. The molecule has 0 spiro atoms. The van der Waals surface area contributed by atoms with Crippen LogP contribution >= 0.6 is 23.4 Å². The van der Waals surface area contributed by atoms with E-state index in [4.69, 9.17) is 30.8 Å². The maximum absolute atomic E-state index is 9.94. The van der Waals surface area contributed by atoms with Crippen molar-refractivity contribution < 1.29 is 19.3 Å². The number of aliphatic hydroxyl groups is 1. The molecular weight excluding hydrogens is 496 g/mol. The molecule has 2 saturated heterocycles. The number of aromatic amines is 1. The maximum Gasteiger partial charge on any atom is 0.193 e. The van der Waals surface area contributed by atoms with Crippen LogP contribution < -0.4 is 4.74 Å². The number of rotatable bonds is 5. The van der Waals surface area contributed by atoms with E-state index in [9.17, 15) is 5.11 Å². The lowest BCUT2D eigenvalue weighted by Gasteiger charge is -2.20. The van der Waals surface area contributed by atoms with Crippen LogP contribution in [0.15, 0.2) is 42.5 Å². The first-order valence-electron chi connectivity index (χ1n) is 12.7. The van der Waals surface area contributed by atoms with Gasteiger partial charge in [-0.2, -0.15) is 11.8 Å². The van der Waals surface area contributed by atoms with Crippen LogP contribution in [0.3, 0.4) is 0 Å². The van der Waals surface area contributed by atoms with E-state index in [1.807, 2.05) is 37.7 Å². The Kier molecular flexibility index (Phi) is 7.93. The molecule has 3 aliphatic rings. The van der Waals surface area contributed by atoms with Gasteiger partial charge in [0.2, 0.25) is 0 Å². The van der Waals surface area contributed by atoms with Gasteiger partial charge in [-0.05, 0) is 42.7 Å². The van der Waals surface area contributed by atoms with Gasteiger partial charge in [-0.1, -0.05) is 55.8 Å². The third-order valence-electron chi connectivity index (χ3n) is 7.02. The summed E-state index contributed by atoms with van der Waals surface area (Å²) in [6, 6.07) is 12.3. The molecule has 6 nitrogen and oxygen atoms in total. The molecule has 5 atom stereocenters. The summed E-state index contributed by atoms with van der Waals surface area (Å²) in [5.41, 5.74) is 6.01. The van der Waals surface area contributed by atoms with Gasteiger partial charge >= 0.3 is 0 Å². The molecule has 6 rings (SSSR count). The Hall–Kier alpha value is -2.03. The van der Waals surface area contributed by atoms with Crippen LogP contribution in [-0.2, 0) is 9.47 Å². The molecule has 2 aromatic heterocycles. The number of aliphatic hydroxyl groups excluding tert-OH is 1. The molecule has 3 aromatic rings. The van der Waals surface area contributed by atoms with Gasteiger partial charge in [-0.25, -0.2) is 4.98 Å². The van der Waals surface area contributed by atoms with Crippen molar-refractivity contribution in [3.05, 3.63) is 53.1 Å². The number of ether oxygens (including phenoxy) is 3. The van der Waals surface area contributed by atoms with Crippen molar-refractivity contribution in [2.75, 3.05) is 19.5 Å². The zero-order valence-corrected chi connectivity index (χ0v) is 22.4. The monoisotopic (exact) mass is 528 g/mol. The molecular formula is C28H33ClN2O4S. The quantitative estimate of drug-likeness (QED) is 0.416. The van der Waals surface area contributed by atoms with E-state index in [-0.39, 0.29) is 24.9 Å². The van der Waals surface area contributed by atoms with E-state index in [1.165, 1.54) is 17.6 Å². The predicted molar refractivity (Wildman–Crippen MR) is 147 cm³/mol. The Morgan fingerprint density at radius 3 is 2.56 bits per heavy atom. The number of nitrogens with zero attached hydrogens (tertiary/aromatic N) is 1. The smallest absolute Gasteiger partial charge is 0.193 e. The van der Waals surface area contributed by atoms with Gasteiger partial charge < -0.3 is 24.3 Å². The summed E-state index contributed by atoms with van der Waals surface area (Å²) in [5, 5.41) is 11.3. The minimum absolute atomic E-state index is 0.266. The molecule has 4 heterocycles. The number of halogens is 1. The topological polar surface area (TPSA) is 76.6 Å². The first-order chi connectivity index (χ1) is 17.6. The highest BCUT2D eigenvalue weighted by Gasteiger charge is 2.48. The van der Waals surface area contributed by atoms with E-state index in [0.29, 0.717) is 17.5 Å². The molecule has 36 heavy (non-hydrogen) atoms. The summed E-state index contributed by atoms with van der Waals surface area (Å²) in [6.07, 6.45) is 6.60. The molecule has 1 aromatic carbocycles. The van der Waals surface area contributed by atoms with Gasteiger partial charge in [0, 0.05) is 16.9 Å². The van der Waals surface area contributed by atoms with Crippen LogP contribution in [0.1, 0.15) is 38.7 Å². The number of hydrogen-bond acceptors (Lipinski definition) is 6. The average molecular weight is 529 g/mol. The molecule has 1 aliphatic carbocycles. The number of pyridine rings is 1. The van der Waals surface area contributed by atoms with Gasteiger partial charge in [-0.3, -0.25) is 0 Å². The minimum Gasteiger partial charge on any atom is -0.470 e. The molecule has 2 aliphatic heterocycles. The fourth-order valence-electron chi connectivity index (χ4n) is 5.11. The molecule has 8 heteroatoms. The highest BCUT2D eigenvalue weighted by atomic mass is 35.5. The van der Waals surface area contributed by atoms with Crippen molar-refractivity contribution in [2.45, 2.75) is 62.8 Å². The molecule has 2 unspecified atom stereocenters. The van der Waals surface area contributed by atoms with E-state index >= 15 is 0 Å². The van der Waals surface area contributed by atoms with Crippen LogP contribution in [0.5, 0.6) is 5.88 Å². The van der Waals surface area contributed by atoms with Crippen molar-refractivity contribution in [3.8, 4) is 17.1 Å². The number of allylic oxidation sites excluding steroid dienone is 2. The molecule has 0 amide bonds. The van der Waals surface area contributed by atoms with Crippen LogP contribution in [0.25, 0.3) is 27.9 Å². The third kappa shape index (κ3) is 5.04. The SMILES string of the molecule is CC.CSC1CC=C(c2ccc(-c3nc4cc(O[C@@H]5COC6[C@H](O)CO[C@@H]65)[nH]c4cc3Cl)cc2)CC1. The van der Waals surface area contributed by atoms with Crippen LogP contribution in [0.2, 0.25) is 5.02 Å². The van der Waals surface area contributed by atoms with Crippen molar-refractivity contribution in [2.24, 2.45) is 0 Å². The highest BCUT2D eigenvalue weighted by Crippen LogP contribution is 2.35. The molecule has 0 bridgehead atoms. The Morgan fingerprint density at radius 2 is 1.83 bits per heavy atom. The summed E-state index contributed by atoms with van der Waals surface area (Å²) in [5.74, 6) is 0.582.